The molecule has 2 aromatic rings. The minimum atomic E-state index is -1.46. The Morgan fingerprint density at radius 1 is 1.03 bits per heavy atom. The van der Waals surface area contributed by atoms with Gasteiger partial charge in [-0.3, -0.25) is 0 Å². The molecule has 2 heterocycles. The number of hydrogen-bond acceptors (Lipinski definition) is 4. The lowest BCUT2D eigenvalue weighted by atomic mass is 9.59. The molecule has 29 heavy (non-hydrogen) atoms. The molecule has 0 spiro atoms. The molecule has 1 aromatic heterocycles. The van der Waals surface area contributed by atoms with Crippen LogP contribution in [-0.2, 0) is 0 Å². The molecule has 4 nitrogen and oxygen atoms in total. The minimum absolute atomic E-state index is 0.0834. The van der Waals surface area contributed by atoms with E-state index in [2.05, 4.69) is 9.97 Å². The predicted molar refractivity (Wildman–Crippen MR) is 102 cm³/mol. The van der Waals surface area contributed by atoms with Crippen molar-refractivity contribution in [1.82, 2.24) is 9.97 Å². The topological polar surface area (TPSA) is 49.2 Å². The summed E-state index contributed by atoms with van der Waals surface area (Å²) < 4.78 is 42.4. The van der Waals surface area contributed by atoms with Crippen LogP contribution in [0.2, 0.25) is 0 Å². The quantitative estimate of drug-likeness (QED) is 0.852. The molecule has 1 fully saturated rings. The number of nitrogens with zero attached hydrogens (tertiary/aromatic N) is 3. The number of rotatable bonds is 3. The second-order valence-corrected chi connectivity index (χ2v) is 7.55. The zero-order chi connectivity index (χ0) is 20.2. The standard InChI is InChI=1S/C22H18F3N3O/c23-14-2-3-15(18(24)12-14)16-4-5-17-20(25)19(16)22(17,29)13-6-10-28(11-7-13)21-26-8-1-9-27-21/h1-5,8-9,12-13,29H,6-7,10-11H2/t22-/m0/s1. The van der Waals surface area contributed by atoms with Crippen LogP contribution < -0.4 is 4.90 Å². The van der Waals surface area contributed by atoms with Gasteiger partial charge in [0.1, 0.15) is 23.1 Å². The Balaban J connectivity index is 1.41. The molecular weight excluding hydrogens is 379 g/mol. The molecule has 1 N–H and O–H groups in total. The molecule has 148 valence electrons. The third kappa shape index (κ3) is 2.64. The maximum Gasteiger partial charge on any atom is 0.225 e. The fourth-order valence-electron chi connectivity index (χ4n) is 4.62. The van der Waals surface area contributed by atoms with Gasteiger partial charge in [-0.25, -0.2) is 23.1 Å². The zero-order valence-corrected chi connectivity index (χ0v) is 15.4. The summed E-state index contributed by atoms with van der Waals surface area (Å²) in [5, 5.41) is 11.5. The van der Waals surface area contributed by atoms with E-state index >= 15 is 0 Å². The smallest absolute Gasteiger partial charge is 0.225 e. The van der Waals surface area contributed by atoms with Gasteiger partial charge in [0.2, 0.25) is 5.95 Å². The van der Waals surface area contributed by atoms with Gasteiger partial charge in [-0.05, 0) is 42.5 Å². The highest BCUT2D eigenvalue weighted by molar-refractivity contribution is 5.92. The van der Waals surface area contributed by atoms with Gasteiger partial charge in [-0.1, -0.05) is 12.2 Å². The molecule has 1 saturated heterocycles. The van der Waals surface area contributed by atoms with Crippen LogP contribution in [0.25, 0.3) is 5.57 Å². The van der Waals surface area contributed by atoms with Gasteiger partial charge < -0.3 is 10.0 Å². The lowest BCUT2D eigenvalue weighted by Gasteiger charge is -2.51. The lowest BCUT2D eigenvalue weighted by Crippen LogP contribution is -2.54. The van der Waals surface area contributed by atoms with Gasteiger partial charge in [0.05, 0.1) is 0 Å². The predicted octanol–water partition coefficient (Wildman–Crippen LogP) is 3.96. The van der Waals surface area contributed by atoms with Crippen molar-refractivity contribution >= 4 is 11.5 Å². The van der Waals surface area contributed by atoms with Crippen molar-refractivity contribution in [1.29, 1.82) is 0 Å². The van der Waals surface area contributed by atoms with Crippen molar-refractivity contribution in [3.8, 4) is 0 Å². The van der Waals surface area contributed by atoms with Crippen molar-refractivity contribution in [2.75, 3.05) is 18.0 Å². The average molecular weight is 397 g/mol. The number of benzene rings is 1. The van der Waals surface area contributed by atoms with Crippen LogP contribution >= 0.6 is 0 Å². The third-order valence-corrected chi connectivity index (χ3v) is 6.08. The van der Waals surface area contributed by atoms with Crippen LogP contribution in [0.15, 0.2) is 65.8 Å². The first-order valence-electron chi connectivity index (χ1n) is 9.53. The highest BCUT2D eigenvalue weighted by Gasteiger charge is 2.57. The molecule has 1 aliphatic heterocycles. The largest absolute Gasteiger partial charge is 0.380 e. The number of allylic oxidation sites excluding steroid dienone is 2. The Morgan fingerprint density at radius 2 is 1.76 bits per heavy atom. The molecule has 1 atom stereocenters. The summed E-state index contributed by atoms with van der Waals surface area (Å²) in [6.45, 7) is 1.26. The average Bonchev–Trinajstić information content (AvgIpc) is 2.74. The molecule has 3 aliphatic rings. The first-order chi connectivity index (χ1) is 14.0. The van der Waals surface area contributed by atoms with Crippen LogP contribution in [0, 0.1) is 17.6 Å². The second kappa shape index (κ2) is 6.56. The SMILES string of the molecule is O[C@@]1(C2CCN(c3ncccn3)CC2)c2ccc(-c3ccc(F)cc3F)c1c2F. The van der Waals surface area contributed by atoms with Crippen molar-refractivity contribution in [3.63, 3.8) is 0 Å². The second-order valence-electron chi connectivity index (χ2n) is 7.55. The molecule has 0 radical (unpaired) electrons. The van der Waals surface area contributed by atoms with E-state index in [1.54, 1.807) is 24.5 Å². The van der Waals surface area contributed by atoms with Crippen molar-refractivity contribution < 1.29 is 18.3 Å². The van der Waals surface area contributed by atoms with E-state index in [4.69, 9.17) is 0 Å². The normalized spacial score (nSPS) is 24.2. The Labute approximate surface area is 165 Å². The molecule has 0 saturated carbocycles. The molecule has 7 heteroatoms. The molecule has 0 amide bonds. The van der Waals surface area contributed by atoms with E-state index in [0.717, 1.165) is 12.1 Å². The van der Waals surface area contributed by atoms with Gasteiger partial charge in [0, 0.05) is 48.3 Å². The number of anilines is 1. The molecule has 5 rings (SSSR count). The van der Waals surface area contributed by atoms with Crippen LogP contribution in [0.4, 0.5) is 19.1 Å². The van der Waals surface area contributed by atoms with Gasteiger partial charge in [0.15, 0.2) is 0 Å². The van der Waals surface area contributed by atoms with E-state index in [9.17, 15) is 18.3 Å². The molecule has 2 aliphatic carbocycles. The van der Waals surface area contributed by atoms with Crippen LogP contribution in [0.3, 0.4) is 0 Å². The maximum absolute atomic E-state index is 14.7. The first-order valence-corrected chi connectivity index (χ1v) is 9.53. The van der Waals surface area contributed by atoms with Crippen LogP contribution in [0.1, 0.15) is 18.4 Å². The number of aliphatic hydroxyl groups is 1. The number of hydrogen-bond donors (Lipinski definition) is 1. The van der Waals surface area contributed by atoms with E-state index in [1.165, 1.54) is 12.1 Å². The van der Waals surface area contributed by atoms with Gasteiger partial charge in [0.25, 0.3) is 0 Å². The molecule has 1 aromatic carbocycles. The minimum Gasteiger partial charge on any atom is -0.380 e. The number of aromatic nitrogens is 2. The highest BCUT2D eigenvalue weighted by Crippen LogP contribution is 2.58. The number of fused-ring (bicyclic) bond motifs is 2. The monoisotopic (exact) mass is 397 g/mol. The van der Waals surface area contributed by atoms with E-state index in [1.807, 2.05) is 4.90 Å². The Hall–Kier alpha value is -2.93. The van der Waals surface area contributed by atoms with Gasteiger partial charge >= 0.3 is 0 Å². The number of piperidine rings is 1. The fourth-order valence-corrected chi connectivity index (χ4v) is 4.62. The van der Waals surface area contributed by atoms with Gasteiger partial charge in [-0.15, -0.1) is 0 Å². The van der Waals surface area contributed by atoms with E-state index in [-0.39, 0.29) is 28.2 Å². The summed E-state index contributed by atoms with van der Waals surface area (Å²) in [6.07, 6.45) is 7.68. The summed E-state index contributed by atoms with van der Waals surface area (Å²) in [5.41, 5.74) is -0.756. The molecule has 2 bridgehead atoms. The molecular formula is C22H18F3N3O. The van der Waals surface area contributed by atoms with Crippen LogP contribution in [0.5, 0.6) is 0 Å². The summed E-state index contributed by atoms with van der Waals surface area (Å²) in [4.78, 5) is 10.5. The number of halogens is 3. The maximum atomic E-state index is 14.7. The Morgan fingerprint density at radius 3 is 2.41 bits per heavy atom. The van der Waals surface area contributed by atoms with E-state index in [0.29, 0.717) is 31.9 Å². The third-order valence-electron chi connectivity index (χ3n) is 6.08. The lowest BCUT2D eigenvalue weighted by molar-refractivity contribution is 0.0241. The Kier molecular flexibility index (Phi) is 4.10. The van der Waals surface area contributed by atoms with Crippen LogP contribution in [-0.4, -0.2) is 33.8 Å². The van der Waals surface area contributed by atoms with Crippen molar-refractivity contribution in [2.45, 2.75) is 18.4 Å². The summed E-state index contributed by atoms with van der Waals surface area (Å²) in [5.74, 6) is -1.57. The summed E-state index contributed by atoms with van der Waals surface area (Å²) in [6, 6.07) is 4.93. The zero-order valence-electron chi connectivity index (χ0n) is 15.4. The Bertz CT molecular complexity index is 1070. The van der Waals surface area contributed by atoms with E-state index < -0.39 is 23.1 Å². The molecule has 0 unspecified atom stereocenters. The summed E-state index contributed by atoms with van der Waals surface area (Å²) in [7, 11) is 0. The highest BCUT2D eigenvalue weighted by atomic mass is 19.1. The van der Waals surface area contributed by atoms with Crippen molar-refractivity contribution in [3.05, 3.63) is 83.0 Å². The van der Waals surface area contributed by atoms with Crippen molar-refractivity contribution in [2.24, 2.45) is 5.92 Å². The summed E-state index contributed by atoms with van der Waals surface area (Å²) >= 11 is 0. The van der Waals surface area contributed by atoms with Gasteiger partial charge in [-0.2, -0.15) is 0 Å². The first kappa shape index (κ1) is 18.1. The fraction of sp³-hybridized carbons (Fsp3) is 0.273.